The summed E-state index contributed by atoms with van der Waals surface area (Å²) in [4.78, 5) is 27.0. The van der Waals surface area contributed by atoms with Gasteiger partial charge in [0, 0.05) is 29.3 Å². The van der Waals surface area contributed by atoms with Crippen molar-refractivity contribution in [2.45, 2.75) is 45.4 Å². The van der Waals surface area contributed by atoms with Crippen molar-refractivity contribution in [1.82, 2.24) is 5.32 Å². The Bertz CT molecular complexity index is 1330. The van der Waals surface area contributed by atoms with Crippen LogP contribution in [0.25, 0.3) is 0 Å². The number of nitrogens with one attached hydrogen (secondary N) is 1. The molecule has 2 N–H and O–H groups in total. The van der Waals surface area contributed by atoms with Crippen molar-refractivity contribution in [3.05, 3.63) is 68.5 Å². The fourth-order valence-electron chi connectivity index (χ4n) is 5.22. The van der Waals surface area contributed by atoms with E-state index in [1.807, 2.05) is 32.0 Å². The van der Waals surface area contributed by atoms with E-state index in [2.05, 4.69) is 21.2 Å². The highest BCUT2D eigenvalue weighted by Crippen LogP contribution is 2.48. The molecule has 1 aliphatic carbocycles. The molecule has 2 aromatic rings. The highest BCUT2D eigenvalue weighted by molar-refractivity contribution is 9.10. The number of carbonyl (C=O) groups excluding carboxylic acids is 2. The third-order valence-electron chi connectivity index (χ3n) is 6.89. The van der Waals surface area contributed by atoms with Crippen LogP contribution in [0.1, 0.15) is 56.6 Å². The highest BCUT2D eigenvalue weighted by Gasteiger charge is 2.42. The molecule has 1 aliphatic heterocycles. The van der Waals surface area contributed by atoms with E-state index in [-0.39, 0.29) is 36.2 Å². The molecular formula is C29H32BrNO7. The number of rotatable bonds is 8. The Morgan fingerprint density at radius 3 is 2.39 bits per heavy atom. The Labute approximate surface area is 230 Å². The van der Waals surface area contributed by atoms with E-state index in [9.17, 15) is 14.7 Å². The maximum Gasteiger partial charge on any atom is 0.336 e. The van der Waals surface area contributed by atoms with Crippen molar-refractivity contribution in [3.8, 4) is 23.0 Å². The van der Waals surface area contributed by atoms with Crippen LogP contribution in [0, 0.1) is 0 Å². The summed E-state index contributed by atoms with van der Waals surface area (Å²) in [5.41, 5.74) is 3.88. The molecule has 0 radical (unpaired) electrons. The molecule has 9 heteroatoms. The topological polar surface area (TPSA) is 103 Å². The minimum Gasteiger partial charge on any atom is -0.503 e. The first-order valence-corrected chi connectivity index (χ1v) is 13.3. The summed E-state index contributed by atoms with van der Waals surface area (Å²) in [5.74, 6) is 0.119. The zero-order valence-electron chi connectivity index (χ0n) is 22.1. The Kier molecular flexibility index (Phi) is 8.35. The first-order chi connectivity index (χ1) is 18.2. The molecule has 0 aromatic heterocycles. The van der Waals surface area contributed by atoms with Gasteiger partial charge in [-0.3, -0.25) is 4.79 Å². The van der Waals surface area contributed by atoms with E-state index < -0.39 is 11.9 Å². The number of esters is 1. The number of benzene rings is 2. The number of hydrogen-bond donors (Lipinski definition) is 2. The molecule has 0 amide bonds. The highest BCUT2D eigenvalue weighted by atomic mass is 79.9. The first kappa shape index (κ1) is 27.6. The number of hydrogen-bond acceptors (Lipinski definition) is 8. The van der Waals surface area contributed by atoms with Gasteiger partial charge in [0.2, 0.25) is 0 Å². The van der Waals surface area contributed by atoms with Crippen molar-refractivity contribution in [3.63, 3.8) is 0 Å². The van der Waals surface area contributed by atoms with Crippen LogP contribution in [0.5, 0.6) is 23.0 Å². The van der Waals surface area contributed by atoms with Crippen molar-refractivity contribution >= 4 is 27.7 Å². The molecule has 0 spiro atoms. The third-order valence-corrected chi connectivity index (χ3v) is 7.49. The van der Waals surface area contributed by atoms with Gasteiger partial charge in [-0.15, -0.1) is 0 Å². The van der Waals surface area contributed by atoms with Gasteiger partial charge < -0.3 is 29.4 Å². The average Bonchev–Trinajstić information content (AvgIpc) is 2.89. The molecule has 2 atom stereocenters. The van der Waals surface area contributed by atoms with Crippen LogP contribution >= 0.6 is 15.9 Å². The lowest BCUT2D eigenvalue weighted by atomic mass is 9.71. The van der Waals surface area contributed by atoms with Crippen molar-refractivity contribution in [2.24, 2.45) is 0 Å². The number of halogens is 1. The van der Waals surface area contributed by atoms with E-state index in [1.54, 1.807) is 33.3 Å². The molecule has 0 unspecified atom stereocenters. The van der Waals surface area contributed by atoms with Crippen LogP contribution in [0.4, 0.5) is 0 Å². The molecule has 38 heavy (non-hydrogen) atoms. The zero-order chi connectivity index (χ0) is 27.6. The Morgan fingerprint density at radius 2 is 1.74 bits per heavy atom. The monoisotopic (exact) mass is 585 g/mol. The number of phenols is 1. The van der Waals surface area contributed by atoms with Crippen LogP contribution in [-0.4, -0.2) is 44.3 Å². The van der Waals surface area contributed by atoms with Crippen molar-refractivity contribution < 1.29 is 33.6 Å². The van der Waals surface area contributed by atoms with Crippen LogP contribution < -0.4 is 19.5 Å². The molecule has 202 valence electrons. The summed E-state index contributed by atoms with van der Waals surface area (Å²) in [6.07, 6.45) is 0.831. The lowest BCUT2D eigenvalue weighted by molar-refractivity contribution is -0.138. The van der Waals surface area contributed by atoms with Crippen molar-refractivity contribution in [1.29, 1.82) is 0 Å². The molecule has 0 saturated heterocycles. The predicted octanol–water partition coefficient (Wildman–Crippen LogP) is 5.50. The van der Waals surface area contributed by atoms with Crippen molar-refractivity contribution in [2.75, 3.05) is 27.4 Å². The smallest absolute Gasteiger partial charge is 0.336 e. The standard InChI is InChI=1S/C29H32BrNO7/c1-6-37-24-14-18(10-19(30)28(24)33)26-25(29(34)38-7-2)15(3)31-20-11-17(12-21(32)27(20)26)16-8-9-22(35-4)23(13-16)36-5/h8-10,13-14,17,26,31,33H,6-7,11-12H2,1-5H3/t17-,26-/m1/s1. The van der Waals surface area contributed by atoms with E-state index in [4.69, 9.17) is 18.9 Å². The lowest BCUT2D eigenvalue weighted by Crippen LogP contribution is -2.36. The number of ether oxygens (including phenoxy) is 4. The van der Waals surface area contributed by atoms with E-state index >= 15 is 0 Å². The van der Waals surface area contributed by atoms with Crippen LogP contribution in [0.15, 0.2) is 57.3 Å². The summed E-state index contributed by atoms with van der Waals surface area (Å²) < 4.78 is 22.3. The summed E-state index contributed by atoms with van der Waals surface area (Å²) >= 11 is 3.40. The molecule has 0 fully saturated rings. The summed E-state index contributed by atoms with van der Waals surface area (Å²) in [7, 11) is 3.17. The minimum absolute atomic E-state index is 0.0411. The molecule has 2 aliphatic rings. The van der Waals surface area contributed by atoms with Gasteiger partial charge in [-0.05, 0) is 84.4 Å². The molecule has 0 saturated carbocycles. The fourth-order valence-corrected chi connectivity index (χ4v) is 5.68. The van der Waals surface area contributed by atoms with E-state index in [0.29, 0.717) is 51.4 Å². The number of phenolic OH excluding ortho intramolecular Hbond substituents is 1. The van der Waals surface area contributed by atoms with E-state index in [1.165, 1.54) is 0 Å². The number of Topliss-reactive ketones (excluding diaryl/α,β-unsaturated/α-hetero) is 1. The second-order valence-electron chi connectivity index (χ2n) is 9.13. The number of ketones is 1. The van der Waals surface area contributed by atoms with Crippen LogP contribution in [-0.2, 0) is 14.3 Å². The molecule has 8 nitrogen and oxygen atoms in total. The second-order valence-corrected chi connectivity index (χ2v) is 9.99. The number of methoxy groups -OCH3 is 2. The molecule has 0 bridgehead atoms. The van der Waals surface area contributed by atoms with Gasteiger partial charge in [0.25, 0.3) is 0 Å². The Balaban J connectivity index is 1.83. The third kappa shape index (κ3) is 5.12. The van der Waals surface area contributed by atoms with E-state index in [0.717, 1.165) is 11.3 Å². The van der Waals surface area contributed by atoms with Gasteiger partial charge in [0.05, 0.1) is 37.5 Å². The maximum atomic E-state index is 13.8. The Hall–Kier alpha value is -3.46. The van der Waals surface area contributed by atoms with Gasteiger partial charge in [-0.2, -0.15) is 0 Å². The molecule has 4 rings (SSSR count). The molecular weight excluding hydrogens is 554 g/mol. The number of aromatic hydroxyl groups is 1. The lowest BCUT2D eigenvalue weighted by Gasteiger charge is -2.37. The molecule has 2 aromatic carbocycles. The largest absolute Gasteiger partial charge is 0.503 e. The van der Waals surface area contributed by atoms with Gasteiger partial charge in [0.1, 0.15) is 0 Å². The quantitative estimate of drug-likeness (QED) is 0.392. The van der Waals surface area contributed by atoms with Gasteiger partial charge in [0.15, 0.2) is 28.8 Å². The molecule has 1 heterocycles. The maximum absolute atomic E-state index is 13.8. The SMILES string of the molecule is CCOC(=O)C1=C(C)NC2=C(C(=O)C[C@H](c3ccc(OC)c(OC)c3)C2)[C@@H]1c1cc(Br)c(O)c(OCC)c1. The van der Waals surface area contributed by atoms with Gasteiger partial charge >= 0.3 is 5.97 Å². The summed E-state index contributed by atoms with van der Waals surface area (Å²) in [6, 6.07) is 9.10. The zero-order valence-corrected chi connectivity index (χ0v) is 23.7. The first-order valence-electron chi connectivity index (χ1n) is 12.5. The normalized spacial score (nSPS) is 19.1. The second kappa shape index (κ2) is 11.5. The number of carbonyl (C=O) groups is 2. The Morgan fingerprint density at radius 1 is 1.03 bits per heavy atom. The van der Waals surface area contributed by atoms with Crippen LogP contribution in [0.3, 0.4) is 0 Å². The van der Waals surface area contributed by atoms with Gasteiger partial charge in [-0.25, -0.2) is 4.79 Å². The van der Waals surface area contributed by atoms with Crippen LogP contribution in [0.2, 0.25) is 0 Å². The fraction of sp³-hybridized carbons (Fsp3) is 0.379. The number of allylic oxidation sites excluding steroid dienone is 3. The number of dihydropyridines is 1. The average molecular weight is 586 g/mol. The summed E-state index contributed by atoms with van der Waals surface area (Å²) in [6.45, 7) is 5.92. The van der Waals surface area contributed by atoms with Gasteiger partial charge in [-0.1, -0.05) is 6.07 Å². The minimum atomic E-state index is -0.680. The summed E-state index contributed by atoms with van der Waals surface area (Å²) in [5, 5.41) is 13.8. The predicted molar refractivity (Wildman–Crippen MR) is 146 cm³/mol.